The zero-order valence-corrected chi connectivity index (χ0v) is 12.7. The van der Waals surface area contributed by atoms with E-state index in [1.165, 1.54) is 12.8 Å². The first-order chi connectivity index (χ1) is 7.93. The molecule has 0 N–H and O–H groups in total. The third kappa shape index (κ3) is 2.66. The number of hydrogen-bond acceptors (Lipinski definition) is 2. The molecule has 1 fully saturated rings. The molecule has 3 unspecified atom stereocenters. The van der Waals surface area contributed by atoms with Crippen LogP contribution in [0, 0.1) is 11.8 Å². The summed E-state index contributed by atoms with van der Waals surface area (Å²) < 4.78 is 12.3. The zero-order valence-electron chi connectivity index (χ0n) is 11.7. The molecule has 3 heteroatoms. The molecule has 0 aromatic carbocycles. The lowest BCUT2D eigenvalue weighted by Crippen LogP contribution is -2.39. The Morgan fingerprint density at radius 2 is 1.71 bits per heavy atom. The molecule has 2 bridgehead atoms. The van der Waals surface area contributed by atoms with E-state index in [4.69, 9.17) is 8.85 Å². The van der Waals surface area contributed by atoms with Gasteiger partial charge in [0.2, 0.25) is 0 Å². The fraction of sp³-hybridized carbons (Fsp3) is 0.857. The van der Waals surface area contributed by atoms with Gasteiger partial charge in [0.25, 0.3) is 0 Å². The fourth-order valence-electron chi connectivity index (χ4n) is 3.06. The molecule has 0 saturated heterocycles. The Labute approximate surface area is 107 Å². The lowest BCUT2D eigenvalue weighted by Gasteiger charge is -2.33. The van der Waals surface area contributed by atoms with Crippen LogP contribution < -0.4 is 0 Å². The number of fused-ring (bicyclic) bond motifs is 2. The summed E-state index contributed by atoms with van der Waals surface area (Å²) in [6.07, 6.45) is 7.83. The van der Waals surface area contributed by atoms with E-state index in [2.05, 4.69) is 46.8 Å². The highest BCUT2D eigenvalue weighted by Crippen LogP contribution is 2.59. The monoisotopic (exact) mass is 253 g/mol. The Morgan fingerprint density at radius 1 is 1.12 bits per heavy atom. The number of hydrogen-bond donors (Lipinski definition) is 0. The van der Waals surface area contributed by atoms with Gasteiger partial charge in [0, 0.05) is 17.2 Å². The van der Waals surface area contributed by atoms with E-state index in [0.29, 0.717) is 0 Å². The third-order valence-corrected chi connectivity index (χ3v) is 6.53. The van der Waals surface area contributed by atoms with Crippen molar-refractivity contribution in [1.82, 2.24) is 0 Å². The van der Waals surface area contributed by atoms with Gasteiger partial charge < -0.3 is 8.85 Å². The summed E-state index contributed by atoms with van der Waals surface area (Å²) in [6.45, 7) is 10.8. The van der Waals surface area contributed by atoms with Crippen LogP contribution in [0.5, 0.6) is 0 Å². The highest BCUT2D eigenvalue weighted by Gasteiger charge is 2.54. The first-order valence-corrected chi connectivity index (χ1v) is 8.15. The molecule has 0 aromatic heterocycles. The molecule has 97 valence electrons. The fourth-order valence-corrected chi connectivity index (χ4v) is 5.56. The van der Waals surface area contributed by atoms with Crippen molar-refractivity contribution in [3.05, 3.63) is 12.2 Å². The van der Waals surface area contributed by atoms with Crippen LogP contribution >= 0.6 is 0 Å². The number of allylic oxidation sites excluding steroid dienone is 2. The van der Waals surface area contributed by atoms with Crippen LogP contribution in [0.15, 0.2) is 12.2 Å². The Balaban J connectivity index is 2.12. The molecule has 0 spiro atoms. The van der Waals surface area contributed by atoms with Gasteiger partial charge in [-0.2, -0.15) is 0 Å². The first kappa shape index (κ1) is 13.3. The molecule has 0 aliphatic heterocycles. The summed E-state index contributed by atoms with van der Waals surface area (Å²) in [4.78, 5) is 0. The Bertz CT molecular complexity index is 291. The van der Waals surface area contributed by atoms with E-state index >= 15 is 0 Å². The van der Waals surface area contributed by atoms with Gasteiger partial charge in [-0.15, -0.1) is 0 Å². The molecule has 2 rings (SSSR count). The number of rotatable bonds is 5. The lowest BCUT2D eigenvalue weighted by atomic mass is 9.96. The van der Waals surface area contributed by atoms with Gasteiger partial charge in [0.15, 0.2) is 0 Å². The SMILES string of the molecule is CC(C)O[Si](OC(C)C)C12C=CC(C1)C(C)C2. The van der Waals surface area contributed by atoms with E-state index in [1.807, 2.05) is 0 Å². The molecule has 17 heavy (non-hydrogen) atoms. The van der Waals surface area contributed by atoms with Crippen LogP contribution in [-0.2, 0) is 8.85 Å². The van der Waals surface area contributed by atoms with Crippen molar-refractivity contribution in [3.8, 4) is 0 Å². The maximum atomic E-state index is 6.14. The molecule has 3 atom stereocenters. The average molecular weight is 253 g/mol. The zero-order chi connectivity index (χ0) is 12.6. The molecule has 2 aliphatic carbocycles. The molecule has 2 nitrogen and oxygen atoms in total. The molecule has 0 aromatic rings. The Kier molecular flexibility index (Phi) is 3.81. The van der Waals surface area contributed by atoms with Gasteiger partial charge in [0.1, 0.15) is 0 Å². The second-order valence-electron chi connectivity index (χ2n) is 6.19. The van der Waals surface area contributed by atoms with Crippen molar-refractivity contribution in [1.29, 1.82) is 0 Å². The van der Waals surface area contributed by atoms with Gasteiger partial charge in [-0.3, -0.25) is 0 Å². The smallest absolute Gasteiger partial charge is 0.390 e. The summed E-state index contributed by atoms with van der Waals surface area (Å²) in [6, 6.07) is 0. The van der Waals surface area contributed by atoms with Crippen LogP contribution in [-0.4, -0.2) is 21.5 Å². The van der Waals surface area contributed by atoms with Crippen molar-refractivity contribution >= 4 is 9.28 Å². The van der Waals surface area contributed by atoms with Crippen molar-refractivity contribution in [3.63, 3.8) is 0 Å². The second-order valence-corrected chi connectivity index (χ2v) is 8.23. The average Bonchev–Trinajstić information content (AvgIpc) is 2.73. The predicted octanol–water partition coefficient (Wildman–Crippen LogP) is 3.68. The first-order valence-electron chi connectivity index (χ1n) is 6.83. The highest BCUT2D eigenvalue weighted by atomic mass is 28.3. The van der Waals surface area contributed by atoms with Gasteiger partial charge in [-0.05, 0) is 52.4 Å². The van der Waals surface area contributed by atoms with Gasteiger partial charge in [0.05, 0.1) is 0 Å². The molecular formula is C14H25O2Si. The van der Waals surface area contributed by atoms with Crippen LogP contribution in [0.1, 0.15) is 47.5 Å². The molecule has 1 saturated carbocycles. The lowest BCUT2D eigenvalue weighted by molar-refractivity contribution is 0.115. The molecule has 0 amide bonds. The second kappa shape index (κ2) is 4.86. The minimum absolute atomic E-state index is 0.239. The van der Waals surface area contributed by atoms with E-state index in [0.717, 1.165) is 11.8 Å². The highest BCUT2D eigenvalue weighted by molar-refractivity contribution is 6.50. The van der Waals surface area contributed by atoms with E-state index in [-0.39, 0.29) is 17.2 Å². The van der Waals surface area contributed by atoms with Gasteiger partial charge in [-0.1, -0.05) is 19.1 Å². The summed E-state index contributed by atoms with van der Waals surface area (Å²) >= 11 is 0. The standard InChI is InChI=1S/C14H25O2Si/c1-10(2)15-17(16-11(3)4)14-7-6-13(9-14)12(5)8-14/h6-7,10-13H,8-9H2,1-5H3. The van der Waals surface area contributed by atoms with Crippen LogP contribution in [0.25, 0.3) is 0 Å². The van der Waals surface area contributed by atoms with Crippen molar-refractivity contribution < 1.29 is 8.85 Å². The largest absolute Gasteiger partial charge is 0.396 e. The van der Waals surface area contributed by atoms with Crippen molar-refractivity contribution in [2.45, 2.75) is 64.7 Å². The minimum Gasteiger partial charge on any atom is -0.390 e. The summed E-state index contributed by atoms with van der Waals surface area (Å²) in [5.41, 5.74) is 0. The summed E-state index contributed by atoms with van der Waals surface area (Å²) in [7, 11) is -1.21. The Hall–Kier alpha value is -0.123. The molecule has 1 radical (unpaired) electrons. The van der Waals surface area contributed by atoms with Crippen molar-refractivity contribution in [2.24, 2.45) is 11.8 Å². The van der Waals surface area contributed by atoms with E-state index in [1.54, 1.807) is 0 Å². The molecule has 2 aliphatic rings. The van der Waals surface area contributed by atoms with E-state index < -0.39 is 9.28 Å². The van der Waals surface area contributed by atoms with Crippen LogP contribution in [0.3, 0.4) is 0 Å². The van der Waals surface area contributed by atoms with Gasteiger partial charge in [-0.25, -0.2) is 0 Å². The normalized spacial score (nSPS) is 35.8. The summed E-state index contributed by atoms with van der Waals surface area (Å²) in [5.74, 6) is 1.56. The van der Waals surface area contributed by atoms with Crippen LogP contribution in [0.4, 0.5) is 0 Å². The minimum atomic E-state index is -1.21. The quantitative estimate of drug-likeness (QED) is 0.549. The maximum Gasteiger partial charge on any atom is 0.396 e. The Morgan fingerprint density at radius 3 is 2.06 bits per heavy atom. The third-order valence-electron chi connectivity index (χ3n) is 3.77. The topological polar surface area (TPSA) is 18.5 Å². The van der Waals surface area contributed by atoms with E-state index in [9.17, 15) is 0 Å². The van der Waals surface area contributed by atoms with Gasteiger partial charge >= 0.3 is 9.28 Å². The summed E-state index contributed by atoms with van der Waals surface area (Å²) in [5, 5.41) is 0.239. The molecule has 0 heterocycles. The van der Waals surface area contributed by atoms with Crippen molar-refractivity contribution in [2.75, 3.05) is 0 Å². The molecular weight excluding hydrogens is 228 g/mol. The van der Waals surface area contributed by atoms with Crippen LogP contribution in [0.2, 0.25) is 5.04 Å². The predicted molar refractivity (Wildman–Crippen MR) is 71.9 cm³/mol. The maximum absolute atomic E-state index is 6.14.